The fourth-order valence-corrected chi connectivity index (χ4v) is 2.95. The molecule has 0 unspecified atom stereocenters. The zero-order valence-corrected chi connectivity index (χ0v) is 12.4. The normalized spacial score (nSPS) is 18.1. The van der Waals surface area contributed by atoms with Crippen LogP contribution in [0.2, 0.25) is 25.7 Å². The van der Waals surface area contributed by atoms with Gasteiger partial charge in [0.2, 0.25) is 17.2 Å². The molecule has 0 radical (unpaired) electrons. The standard InChI is InChI=1S/C15H18O3Si/c1-19(2,3)10-6-9-15(18)13(16)11-7-4-5-8-12(11)14(15)17/h4-9,18H,10H2,1-3H3/b9-6+. The van der Waals surface area contributed by atoms with E-state index in [1.165, 1.54) is 6.08 Å². The van der Waals surface area contributed by atoms with E-state index in [0.717, 1.165) is 6.04 Å². The lowest BCUT2D eigenvalue weighted by Gasteiger charge is -2.16. The minimum absolute atomic E-state index is 0.313. The lowest BCUT2D eigenvalue weighted by Crippen LogP contribution is -2.39. The molecule has 1 N–H and O–H groups in total. The van der Waals surface area contributed by atoms with E-state index < -0.39 is 25.2 Å². The molecule has 0 saturated heterocycles. The highest BCUT2D eigenvalue weighted by atomic mass is 28.3. The molecule has 19 heavy (non-hydrogen) atoms. The molecule has 1 aromatic carbocycles. The fraction of sp³-hybridized carbons (Fsp3) is 0.333. The second-order valence-corrected chi connectivity index (χ2v) is 11.7. The van der Waals surface area contributed by atoms with Gasteiger partial charge in [0, 0.05) is 19.2 Å². The van der Waals surface area contributed by atoms with Crippen LogP contribution in [-0.2, 0) is 0 Å². The smallest absolute Gasteiger partial charge is 0.209 e. The Hall–Kier alpha value is -1.52. The lowest BCUT2D eigenvalue weighted by atomic mass is 9.97. The Morgan fingerprint density at radius 2 is 1.58 bits per heavy atom. The van der Waals surface area contributed by atoms with E-state index in [9.17, 15) is 14.7 Å². The number of Topliss-reactive ketones (excluding diaryl/α,β-unsaturated/α-hetero) is 2. The number of carbonyl (C=O) groups is 2. The molecule has 0 atom stereocenters. The van der Waals surface area contributed by atoms with Gasteiger partial charge < -0.3 is 5.11 Å². The van der Waals surface area contributed by atoms with Crippen molar-refractivity contribution in [1.82, 2.24) is 0 Å². The Balaban J connectivity index is 2.32. The van der Waals surface area contributed by atoms with Crippen LogP contribution in [0.1, 0.15) is 20.7 Å². The second-order valence-electron chi connectivity index (χ2n) is 6.14. The summed E-state index contributed by atoms with van der Waals surface area (Å²) in [5.74, 6) is -1.03. The Morgan fingerprint density at radius 3 is 2.00 bits per heavy atom. The van der Waals surface area contributed by atoms with E-state index in [4.69, 9.17) is 0 Å². The number of aliphatic hydroxyl groups is 1. The molecule has 0 spiro atoms. The molecule has 1 aromatic rings. The third kappa shape index (κ3) is 2.46. The van der Waals surface area contributed by atoms with Gasteiger partial charge in [-0.15, -0.1) is 0 Å². The highest BCUT2D eigenvalue weighted by Crippen LogP contribution is 2.31. The Kier molecular flexibility index (Phi) is 3.32. The highest BCUT2D eigenvalue weighted by Gasteiger charge is 2.49. The predicted molar refractivity (Wildman–Crippen MR) is 77.3 cm³/mol. The first-order valence-electron chi connectivity index (χ1n) is 6.34. The molecular weight excluding hydrogens is 256 g/mol. The number of fused-ring (bicyclic) bond motifs is 1. The van der Waals surface area contributed by atoms with Gasteiger partial charge in [0.1, 0.15) is 0 Å². The lowest BCUT2D eigenvalue weighted by molar-refractivity contribution is 0.0484. The molecular formula is C15H18O3Si. The van der Waals surface area contributed by atoms with Crippen molar-refractivity contribution in [1.29, 1.82) is 0 Å². The third-order valence-electron chi connectivity index (χ3n) is 3.20. The number of allylic oxidation sites excluding steroid dienone is 1. The molecule has 1 aliphatic carbocycles. The minimum atomic E-state index is -2.00. The molecule has 0 heterocycles. The number of ketones is 2. The maximum atomic E-state index is 12.2. The van der Waals surface area contributed by atoms with Crippen molar-refractivity contribution in [3.8, 4) is 0 Å². The van der Waals surface area contributed by atoms with Gasteiger partial charge in [-0.1, -0.05) is 50.0 Å². The summed E-state index contributed by atoms with van der Waals surface area (Å²) in [5.41, 5.74) is -1.37. The third-order valence-corrected chi connectivity index (χ3v) is 4.66. The first kappa shape index (κ1) is 13.9. The number of hydrogen-bond donors (Lipinski definition) is 1. The van der Waals surface area contributed by atoms with Gasteiger partial charge >= 0.3 is 0 Å². The summed E-state index contributed by atoms with van der Waals surface area (Å²) in [6, 6.07) is 7.38. The molecule has 0 fully saturated rings. The number of carbonyl (C=O) groups excluding carboxylic acids is 2. The summed E-state index contributed by atoms with van der Waals surface area (Å²) in [4.78, 5) is 24.3. The van der Waals surface area contributed by atoms with Crippen LogP contribution >= 0.6 is 0 Å². The topological polar surface area (TPSA) is 54.4 Å². The van der Waals surface area contributed by atoms with E-state index in [0.29, 0.717) is 11.1 Å². The molecule has 0 aromatic heterocycles. The van der Waals surface area contributed by atoms with Crippen LogP contribution in [0, 0.1) is 0 Å². The van der Waals surface area contributed by atoms with Crippen LogP contribution in [0.5, 0.6) is 0 Å². The minimum Gasteiger partial charge on any atom is -0.371 e. The molecule has 0 amide bonds. The van der Waals surface area contributed by atoms with Crippen LogP contribution in [0.15, 0.2) is 36.4 Å². The first-order chi connectivity index (χ1) is 8.76. The largest absolute Gasteiger partial charge is 0.371 e. The van der Waals surface area contributed by atoms with Crippen molar-refractivity contribution < 1.29 is 14.7 Å². The summed E-state index contributed by atoms with van der Waals surface area (Å²) in [6.07, 6.45) is 3.14. The molecule has 1 aliphatic rings. The monoisotopic (exact) mass is 274 g/mol. The van der Waals surface area contributed by atoms with Crippen LogP contribution in [0.25, 0.3) is 0 Å². The Labute approximate surface area is 114 Å². The fourth-order valence-electron chi connectivity index (χ4n) is 2.13. The van der Waals surface area contributed by atoms with Crippen molar-refractivity contribution in [3.05, 3.63) is 47.5 Å². The van der Waals surface area contributed by atoms with Crippen LogP contribution < -0.4 is 0 Å². The van der Waals surface area contributed by atoms with E-state index >= 15 is 0 Å². The van der Waals surface area contributed by atoms with Gasteiger partial charge in [0.25, 0.3) is 0 Å². The Morgan fingerprint density at radius 1 is 1.11 bits per heavy atom. The van der Waals surface area contributed by atoms with E-state index in [1.807, 2.05) is 0 Å². The SMILES string of the molecule is C[Si](C)(C)C/C=C/C1(O)C(=O)c2ccccc2C1=O. The summed E-state index contributed by atoms with van der Waals surface area (Å²) in [6.45, 7) is 6.57. The summed E-state index contributed by atoms with van der Waals surface area (Å²) >= 11 is 0. The maximum Gasteiger partial charge on any atom is 0.209 e. The average Bonchev–Trinajstić information content (AvgIpc) is 2.52. The molecule has 0 aliphatic heterocycles. The van der Waals surface area contributed by atoms with Crippen molar-refractivity contribution in [2.24, 2.45) is 0 Å². The molecule has 3 nitrogen and oxygen atoms in total. The van der Waals surface area contributed by atoms with Crippen molar-refractivity contribution in [2.45, 2.75) is 31.3 Å². The van der Waals surface area contributed by atoms with Gasteiger partial charge in [-0.3, -0.25) is 9.59 Å². The molecule has 0 saturated carbocycles. The van der Waals surface area contributed by atoms with Crippen molar-refractivity contribution in [3.63, 3.8) is 0 Å². The van der Waals surface area contributed by atoms with Gasteiger partial charge in [0.15, 0.2) is 0 Å². The molecule has 0 bridgehead atoms. The predicted octanol–water partition coefficient (Wildman–Crippen LogP) is 2.69. The average molecular weight is 274 g/mol. The number of benzene rings is 1. The van der Waals surface area contributed by atoms with Gasteiger partial charge in [-0.2, -0.15) is 0 Å². The van der Waals surface area contributed by atoms with Crippen molar-refractivity contribution in [2.75, 3.05) is 0 Å². The highest BCUT2D eigenvalue weighted by molar-refractivity contribution is 6.76. The zero-order chi connectivity index (χ0) is 14.3. The molecule has 2 rings (SSSR count). The molecule has 4 heteroatoms. The van der Waals surface area contributed by atoms with E-state index in [-0.39, 0.29) is 0 Å². The second kappa shape index (κ2) is 4.54. The quantitative estimate of drug-likeness (QED) is 0.524. The summed E-state index contributed by atoms with van der Waals surface area (Å²) in [7, 11) is -1.31. The van der Waals surface area contributed by atoms with Gasteiger partial charge in [-0.25, -0.2) is 0 Å². The summed E-state index contributed by atoms with van der Waals surface area (Å²) in [5, 5.41) is 10.4. The van der Waals surface area contributed by atoms with Crippen LogP contribution in [0.4, 0.5) is 0 Å². The van der Waals surface area contributed by atoms with Crippen molar-refractivity contribution >= 4 is 19.6 Å². The zero-order valence-electron chi connectivity index (χ0n) is 11.4. The Bertz CT molecular complexity index is 532. The summed E-state index contributed by atoms with van der Waals surface area (Å²) < 4.78 is 0. The molecule has 100 valence electrons. The van der Waals surface area contributed by atoms with E-state index in [2.05, 4.69) is 19.6 Å². The first-order valence-corrected chi connectivity index (χ1v) is 10.1. The number of hydrogen-bond acceptors (Lipinski definition) is 3. The maximum absolute atomic E-state index is 12.2. The van der Waals surface area contributed by atoms with E-state index in [1.54, 1.807) is 30.3 Å². The van der Waals surface area contributed by atoms with Crippen LogP contribution in [0.3, 0.4) is 0 Å². The van der Waals surface area contributed by atoms with Gasteiger partial charge in [-0.05, 0) is 12.1 Å². The number of rotatable bonds is 3. The van der Waals surface area contributed by atoms with Gasteiger partial charge in [0.05, 0.1) is 0 Å². The van der Waals surface area contributed by atoms with Crippen LogP contribution in [-0.4, -0.2) is 30.3 Å².